The van der Waals surface area contributed by atoms with E-state index in [1.165, 1.54) is 6.07 Å². The SMILES string of the molecule is CC1CCN(C(=O)c2cccc(S(=O)(=O)N3CCCCC3C)c2)C(CN)C1.Cl. The predicted molar refractivity (Wildman–Crippen MR) is 113 cm³/mol. The van der Waals surface area contributed by atoms with Crippen LogP contribution in [0.5, 0.6) is 0 Å². The fourth-order valence-electron chi connectivity index (χ4n) is 4.26. The molecular weight excluding hydrogens is 398 g/mol. The van der Waals surface area contributed by atoms with Crippen molar-refractivity contribution in [2.24, 2.45) is 11.7 Å². The van der Waals surface area contributed by atoms with Crippen molar-refractivity contribution in [1.82, 2.24) is 9.21 Å². The number of halogens is 1. The summed E-state index contributed by atoms with van der Waals surface area (Å²) in [5, 5.41) is 0. The molecule has 0 aliphatic carbocycles. The van der Waals surface area contributed by atoms with E-state index in [2.05, 4.69) is 6.92 Å². The van der Waals surface area contributed by atoms with E-state index in [0.717, 1.165) is 32.1 Å². The van der Waals surface area contributed by atoms with Crippen LogP contribution in [-0.2, 0) is 10.0 Å². The molecule has 28 heavy (non-hydrogen) atoms. The molecule has 2 aliphatic heterocycles. The number of amides is 1. The normalized spacial score (nSPS) is 26.5. The van der Waals surface area contributed by atoms with E-state index in [4.69, 9.17) is 5.73 Å². The zero-order valence-electron chi connectivity index (χ0n) is 16.7. The van der Waals surface area contributed by atoms with Gasteiger partial charge in [0.2, 0.25) is 10.0 Å². The van der Waals surface area contributed by atoms with Gasteiger partial charge in [-0.15, -0.1) is 12.4 Å². The molecule has 2 heterocycles. The lowest BCUT2D eigenvalue weighted by Crippen LogP contribution is -2.49. The Balaban J connectivity index is 0.00000280. The third-order valence-corrected chi connectivity index (χ3v) is 7.95. The Morgan fingerprint density at radius 2 is 1.93 bits per heavy atom. The minimum atomic E-state index is -3.59. The Kier molecular flexibility index (Phi) is 7.90. The van der Waals surface area contributed by atoms with Crippen molar-refractivity contribution >= 4 is 28.3 Å². The third kappa shape index (κ3) is 4.70. The Morgan fingerprint density at radius 3 is 2.61 bits per heavy atom. The van der Waals surface area contributed by atoms with E-state index in [1.807, 2.05) is 11.8 Å². The molecule has 6 nitrogen and oxygen atoms in total. The summed E-state index contributed by atoms with van der Waals surface area (Å²) in [5.74, 6) is 0.427. The molecule has 0 spiro atoms. The molecule has 0 bridgehead atoms. The van der Waals surface area contributed by atoms with Crippen molar-refractivity contribution in [2.75, 3.05) is 19.6 Å². The first-order chi connectivity index (χ1) is 12.8. The zero-order chi connectivity index (χ0) is 19.6. The van der Waals surface area contributed by atoms with Gasteiger partial charge in [0.1, 0.15) is 0 Å². The topological polar surface area (TPSA) is 83.7 Å². The van der Waals surface area contributed by atoms with Crippen molar-refractivity contribution in [3.8, 4) is 0 Å². The second-order valence-corrected chi connectivity index (χ2v) is 9.90. The van der Waals surface area contributed by atoms with Crippen LogP contribution in [0.2, 0.25) is 0 Å². The summed E-state index contributed by atoms with van der Waals surface area (Å²) in [6.07, 6.45) is 4.66. The molecule has 0 radical (unpaired) electrons. The molecule has 3 rings (SSSR count). The fourth-order valence-corrected chi connectivity index (χ4v) is 6.01. The molecule has 8 heteroatoms. The van der Waals surface area contributed by atoms with Crippen LogP contribution in [-0.4, -0.2) is 55.2 Å². The van der Waals surface area contributed by atoms with Crippen molar-refractivity contribution < 1.29 is 13.2 Å². The highest BCUT2D eigenvalue weighted by Gasteiger charge is 2.33. The zero-order valence-corrected chi connectivity index (χ0v) is 18.3. The number of benzene rings is 1. The molecule has 1 amide bonds. The largest absolute Gasteiger partial charge is 0.334 e. The van der Waals surface area contributed by atoms with Crippen molar-refractivity contribution in [2.45, 2.75) is 62.9 Å². The number of carbonyl (C=O) groups excluding carboxylic acids is 1. The lowest BCUT2D eigenvalue weighted by Gasteiger charge is -2.38. The molecule has 0 saturated carbocycles. The van der Waals surface area contributed by atoms with Crippen molar-refractivity contribution in [3.05, 3.63) is 29.8 Å². The lowest BCUT2D eigenvalue weighted by atomic mass is 9.92. The van der Waals surface area contributed by atoms with Crippen molar-refractivity contribution in [3.63, 3.8) is 0 Å². The molecular formula is C20H32ClN3O3S. The van der Waals surface area contributed by atoms with Crippen LogP contribution >= 0.6 is 12.4 Å². The number of sulfonamides is 1. The molecule has 3 unspecified atom stereocenters. The van der Waals surface area contributed by atoms with E-state index in [9.17, 15) is 13.2 Å². The first kappa shape index (κ1) is 23.1. The van der Waals surface area contributed by atoms with E-state index >= 15 is 0 Å². The standard InChI is InChI=1S/C20H31N3O3S.ClH/c1-15-9-11-22(18(12-15)14-21)20(24)17-7-5-8-19(13-17)27(25,26)23-10-4-3-6-16(23)2;/h5,7-8,13,15-16,18H,3-4,6,9-12,14,21H2,1-2H3;1H. The van der Waals surface area contributed by atoms with Gasteiger partial charge in [-0.3, -0.25) is 4.79 Å². The number of hydrogen-bond acceptors (Lipinski definition) is 4. The summed E-state index contributed by atoms with van der Waals surface area (Å²) in [4.78, 5) is 15.1. The monoisotopic (exact) mass is 429 g/mol. The van der Waals surface area contributed by atoms with E-state index in [-0.39, 0.29) is 35.3 Å². The molecule has 2 N–H and O–H groups in total. The summed E-state index contributed by atoms with van der Waals surface area (Å²) in [6, 6.07) is 6.50. The Morgan fingerprint density at radius 1 is 1.18 bits per heavy atom. The summed E-state index contributed by atoms with van der Waals surface area (Å²) >= 11 is 0. The van der Waals surface area contributed by atoms with Crippen LogP contribution < -0.4 is 5.73 Å². The van der Waals surface area contributed by atoms with Gasteiger partial charge < -0.3 is 10.6 Å². The third-order valence-electron chi connectivity index (χ3n) is 5.94. The first-order valence-electron chi connectivity index (χ1n) is 9.97. The van der Waals surface area contributed by atoms with Gasteiger partial charge in [-0.05, 0) is 56.7 Å². The number of rotatable bonds is 4. The number of hydrogen-bond donors (Lipinski definition) is 1. The van der Waals surface area contributed by atoms with E-state index in [1.54, 1.807) is 22.5 Å². The van der Waals surface area contributed by atoms with Crippen LogP contribution in [0.1, 0.15) is 56.3 Å². The van der Waals surface area contributed by atoms with Gasteiger partial charge in [0.05, 0.1) is 4.90 Å². The summed E-state index contributed by atoms with van der Waals surface area (Å²) < 4.78 is 27.8. The van der Waals surface area contributed by atoms with Gasteiger partial charge in [0, 0.05) is 37.3 Å². The smallest absolute Gasteiger partial charge is 0.254 e. The fraction of sp³-hybridized carbons (Fsp3) is 0.650. The average molecular weight is 430 g/mol. The van der Waals surface area contributed by atoms with Gasteiger partial charge in [0.25, 0.3) is 5.91 Å². The summed E-state index contributed by atoms with van der Waals surface area (Å²) in [5.41, 5.74) is 6.31. The Bertz CT molecular complexity index is 787. The highest BCUT2D eigenvalue weighted by molar-refractivity contribution is 7.89. The quantitative estimate of drug-likeness (QED) is 0.797. The van der Waals surface area contributed by atoms with E-state index in [0.29, 0.717) is 31.1 Å². The Labute approximate surface area is 174 Å². The van der Waals surface area contributed by atoms with Crippen LogP contribution in [0.4, 0.5) is 0 Å². The maximum atomic E-state index is 13.1. The van der Waals surface area contributed by atoms with Gasteiger partial charge in [-0.25, -0.2) is 8.42 Å². The van der Waals surface area contributed by atoms with E-state index < -0.39 is 10.0 Å². The van der Waals surface area contributed by atoms with Gasteiger partial charge in [0.15, 0.2) is 0 Å². The lowest BCUT2D eigenvalue weighted by molar-refractivity contribution is 0.0573. The van der Waals surface area contributed by atoms with Gasteiger partial charge >= 0.3 is 0 Å². The summed E-state index contributed by atoms with van der Waals surface area (Å²) in [6.45, 7) is 5.77. The molecule has 0 aromatic heterocycles. The molecule has 158 valence electrons. The molecule has 2 fully saturated rings. The number of piperidine rings is 2. The van der Waals surface area contributed by atoms with Crippen LogP contribution in [0.25, 0.3) is 0 Å². The van der Waals surface area contributed by atoms with Gasteiger partial charge in [-0.2, -0.15) is 4.31 Å². The minimum Gasteiger partial charge on any atom is -0.334 e. The maximum absolute atomic E-state index is 13.1. The van der Waals surface area contributed by atoms with Crippen molar-refractivity contribution in [1.29, 1.82) is 0 Å². The molecule has 2 aliphatic rings. The van der Waals surface area contributed by atoms with Crippen LogP contribution in [0.3, 0.4) is 0 Å². The Hall–Kier alpha value is -1.15. The molecule has 1 aromatic rings. The predicted octanol–water partition coefficient (Wildman–Crippen LogP) is 2.87. The minimum absolute atomic E-state index is 0. The number of carbonyl (C=O) groups is 1. The molecule has 2 saturated heterocycles. The van der Waals surface area contributed by atoms with Crippen LogP contribution in [0, 0.1) is 5.92 Å². The molecule has 1 aromatic carbocycles. The molecule has 3 atom stereocenters. The first-order valence-corrected chi connectivity index (χ1v) is 11.4. The van der Waals surface area contributed by atoms with Gasteiger partial charge in [-0.1, -0.05) is 19.4 Å². The second-order valence-electron chi connectivity index (χ2n) is 8.01. The second kappa shape index (κ2) is 9.57. The summed E-state index contributed by atoms with van der Waals surface area (Å²) in [7, 11) is -3.59. The maximum Gasteiger partial charge on any atom is 0.254 e. The highest BCUT2D eigenvalue weighted by Crippen LogP contribution is 2.27. The number of nitrogens with two attached hydrogens (primary N) is 1. The highest BCUT2D eigenvalue weighted by atomic mass is 35.5. The van der Waals surface area contributed by atoms with Crippen LogP contribution in [0.15, 0.2) is 29.2 Å². The average Bonchev–Trinajstić information content (AvgIpc) is 2.67. The number of likely N-dealkylation sites (tertiary alicyclic amines) is 1. The number of nitrogens with zero attached hydrogens (tertiary/aromatic N) is 2.